The number of nitrogens with zero attached hydrogens (tertiary/aromatic N) is 1. The summed E-state index contributed by atoms with van der Waals surface area (Å²) in [7, 11) is 1.61. The van der Waals surface area contributed by atoms with Crippen LogP contribution < -0.4 is 14.8 Å². The van der Waals surface area contributed by atoms with Crippen LogP contribution in [0.5, 0.6) is 11.5 Å². The van der Waals surface area contributed by atoms with Crippen LogP contribution in [-0.4, -0.2) is 42.5 Å². The molecular formula is C25H34N2O4. The van der Waals surface area contributed by atoms with Gasteiger partial charge in [0, 0.05) is 12.6 Å². The van der Waals surface area contributed by atoms with Gasteiger partial charge in [-0.25, -0.2) is 0 Å². The highest BCUT2D eigenvalue weighted by atomic mass is 16.5. The molecule has 0 aromatic heterocycles. The van der Waals surface area contributed by atoms with E-state index in [9.17, 15) is 9.59 Å². The van der Waals surface area contributed by atoms with Crippen LogP contribution >= 0.6 is 0 Å². The molecule has 2 rings (SSSR count). The van der Waals surface area contributed by atoms with E-state index in [0.29, 0.717) is 12.3 Å². The van der Waals surface area contributed by atoms with Crippen LogP contribution in [0.2, 0.25) is 0 Å². The number of carbonyl (C=O) groups excluding carboxylic acids is 2. The molecule has 6 nitrogen and oxygen atoms in total. The third kappa shape index (κ3) is 7.31. The molecule has 31 heavy (non-hydrogen) atoms. The highest BCUT2D eigenvalue weighted by Crippen LogP contribution is 2.18. The molecule has 1 N–H and O–H groups in total. The largest absolute Gasteiger partial charge is 0.497 e. The van der Waals surface area contributed by atoms with Crippen LogP contribution in [0.25, 0.3) is 0 Å². The lowest BCUT2D eigenvalue weighted by atomic mass is 10.1. The van der Waals surface area contributed by atoms with Gasteiger partial charge in [0.15, 0.2) is 6.61 Å². The second-order valence-electron chi connectivity index (χ2n) is 7.98. The van der Waals surface area contributed by atoms with Gasteiger partial charge in [-0.1, -0.05) is 25.1 Å². The summed E-state index contributed by atoms with van der Waals surface area (Å²) in [4.78, 5) is 27.4. The fraction of sp³-hybridized carbons (Fsp3) is 0.440. The molecule has 2 atom stereocenters. The molecule has 0 aliphatic carbocycles. The highest BCUT2D eigenvalue weighted by Gasteiger charge is 2.27. The van der Waals surface area contributed by atoms with Crippen molar-refractivity contribution in [2.24, 2.45) is 0 Å². The molecule has 0 spiro atoms. The predicted octanol–water partition coefficient (Wildman–Crippen LogP) is 4.02. The molecule has 2 amide bonds. The summed E-state index contributed by atoms with van der Waals surface area (Å²) in [6.45, 7) is 9.83. The van der Waals surface area contributed by atoms with Crippen molar-refractivity contribution in [3.05, 3.63) is 59.2 Å². The van der Waals surface area contributed by atoms with Crippen molar-refractivity contribution in [1.82, 2.24) is 10.2 Å². The van der Waals surface area contributed by atoms with Crippen molar-refractivity contribution in [1.29, 1.82) is 0 Å². The molecule has 0 aliphatic heterocycles. The van der Waals surface area contributed by atoms with Crippen molar-refractivity contribution in [2.75, 3.05) is 13.7 Å². The standard InChI is InChI=1S/C25H34N2O4/c1-7-19(4)26-25(29)20(5)27(15-21-8-10-22(30-6)11-9-21)24(28)16-31-23-13-17(2)12-18(3)14-23/h8-14,19-20H,7,15-16H2,1-6H3,(H,26,29)/t19-,20-/m1/s1. The molecule has 0 saturated heterocycles. The lowest BCUT2D eigenvalue weighted by Crippen LogP contribution is -2.50. The SMILES string of the molecule is CC[C@@H](C)NC(=O)[C@@H](C)N(Cc1ccc(OC)cc1)C(=O)COc1cc(C)cc(C)c1. The molecule has 168 valence electrons. The summed E-state index contributed by atoms with van der Waals surface area (Å²) in [5, 5.41) is 2.96. The molecule has 0 fully saturated rings. The predicted molar refractivity (Wildman–Crippen MR) is 122 cm³/mol. The van der Waals surface area contributed by atoms with Crippen LogP contribution in [0.1, 0.15) is 43.9 Å². The van der Waals surface area contributed by atoms with Crippen LogP contribution in [0.15, 0.2) is 42.5 Å². The first-order valence-electron chi connectivity index (χ1n) is 10.7. The summed E-state index contributed by atoms with van der Waals surface area (Å²) in [5.41, 5.74) is 3.04. The Morgan fingerprint density at radius 3 is 2.16 bits per heavy atom. The second kappa shape index (κ2) is 11.4. The van der Waals surface area contributed by atoms with Gasteiger partial charge < -0.3 is 19.7 Å². The minimum Gasteiger partial charge on any atom is -0.497 e. The lowest BCUT2D eigenvalue weighted by Gasteiger charge is -2.29. The molecule has 0 heterocycles. The molecule has 0 saturated carbocycles. The lowest BCUT2D eigenvalue weighted by molar-refractivity contribution is -0.142. The summed E-state index contributed by atoms with van der Waals surface area (Å²) in [6.07, 6.45) is 0.820. The molecule has 2 aromatic rings. The fourth-order valence-electron chi connectivity index (χ4n) is 3.22. The van der Waals surface area contributed by atoms with Crippen LogP contribution in [0.3, 0.4) is 0 Å². The summed E-state index contributed by atoms with van der Waals surface area (Å²) in [6, 6.07) is 12.7. The van der Waals surface area contributed by atoms with Crippen molar-refractivity contribution >= 4 is 11.8 Å². The quantitative estimate of drug-likeness (QED) is 0.623. The zero-order valence-electron chi connectivity index (χ0n) is 19.4. The van der Waals surface area contributed by atoms with Gasteiger partial charge in [-0.3, -0.25) is 9.59 Å². The number of amides is 2. The van der Waals surface area contributed by atoms with E-state index in [1.807, 2.05) is 70.2 Å². The summed E-state index contributed by atoms with van der Waals surface area (Å²) in [5.74, 6) is 0.957. The van der Waals surface area contributed by atoms with Crippen LogP contribution in [0, 0.1) is 13.8 Å². The Balaban J connectivity index is 2.17. The molecule has 0 bridgehead atoms. The Labute approximate surface area is 185 Å². The molecule has 2 aromatic carbocycles. The second-order valence-corrected chi connectivity index (χ2v) is 7.98. The number of rotatable bonds is 10. The Bertz CT molecular complexity index is 859. The maximum Gasteiger partial charge on any atom is 0.261 e. The topological polar surface area (TPSA) is 67.9 Å². The van der Waals surface area contributed by atoms with Gasteiger partial charge in [-0.15, -0.1) is 0 Å². The van der Waals surface area contributed by atoms with Gasteiger partial charge in [0.2, 0.25) is 5.91 Å². The van der Waals surface area contributed by atoms with E-state index in [0.717, 1.165) is 28.9 Å². The number of nitrogens with one attached hydrogen (secondary N) is 1. The average molecular weight is 427 g/mol. The number of aryl methyl sites for hydroxylation is 2. The average Bonchev–Trinajstić information content (AvgIpc) is 2.74. The summed E-state index contributed by atoms with van der Waals surface area (Å²) >= 11 is 0. The maximum atomic E-state index is 13.1. The molecule has 0 aliphatic rings. The van der Waals surface area contributed by atoms with E-state index >= 15 is 0 Å². The number of benzene rings is 2. The first kappa shape index (κ1) is 24.3. The Morgan fingerprint density at radius 2 is 1.61 bits per heavy atom. The van der Waals surface area contributed by atoms with Crippen molar-refractivity contribution in [3.63, 3.8) is 0 Å². The fourth-order valence-corrected chi connectivity index (χ4v) is 3.22. The minimum atomic E-state index is -0.633. The monoisotopic (exact) mass is 426 g/mol. The Kier molecular flexibility index (Phi) is 8.91. The van der Waals surface area contributed by atoms with Gasteiger partial charge in [-0.05, 0) is 75.1 Å². The zero-order valence-corrected chi connectivity index (χ0v) is 19.4. The number of methoxy groups -OCH3 is 1. The molecular weight excluding hydrogens is 392 g/mol. The minimum absolute atomic E-state index is 0.0411. The van der Waals surface area contributed by atoms with E-state index in [4.69, 9.17) is 9.47 Å². The third-order valence-corrected chi connectivity index (χ3v) is 5.24. The number of hydrogen-bond acceptors (Lipinski definition) is 4. The van der Waals surface area contributed by atoms with Gasteiger partial charge in [0.05, 0.1) is 7.11 Å². The smallest absolute Gasteiger partial charge is 0.261 e. The van der Waals surface area contributed by atoms with E-state index < -0.39 is 6.04 Å². The maximum absolute atomic E-state index is 13.1. The molecule has 6 heteroatoms. The van der Waals surface area contributed by atoms with Gasteiger partial charge >= 0.3 is 0 Å². The van der Waals surface area contributed by atoms with Gasteiger partial charge in [0.25, 0.3) is 5.91 Å². The first-order valence-corrected chi connectivity index (χ1v) is 10.7. The van der Waals surface area contributed by atoms with Gasteiger partial charge in [0.1, 0.15) is 17.5 Å². The Hall–Kier alpha value is -3.02. The Morgan fingerprint density at radius 1 is 1.00 bits per heavy atom. The summed E-state index contributed by atoms with van der Waals surface area (Å²) < 4.78 is 11.0. The van der Waals surface area contributed by atoms with E-state index in [2.05, 4.69) is 5.32 Å². The van der Waals surface area contributed by atoms with Crippen LogP contribution in [0.4, 0.5) is 0 Å². The van der Waals surface area contributed by atoms with E-state index in [1.54, 1.807) is 18.9 Å². The van der Waals surface area contributed by atoms with Gasteiger partial charge in [-0.2, -0.15) is 0 Å². The molecule has 0 radical (unpaired) electrons. The van der Waals surface area contributed by atoms with E-state index in [-0.39, 0.29) is 24.5 Å². The number of carbonyl (C=O) groups is 2. The third-order valence-electron chi connectivity index (χ3n) is 5.24. The van der Waals surface area contributed by atoms with Crippen molar-refractivity contribution in [2.45, 2.75) is 59.7 Å². The first-order chi connectivity index (χ1) is 14.7. The highest BCUT2D eigenvalue weighted by molar-refractivity contribution is 5.88. The number of ether oxygens (including phenoxy) is 2. The molecule has 0 unspecified atom stereocenters. The van der Waals surface area contributed by atoms with Crippen molar-refractivity contribution < 1.29 is 19.1 Å². The van der Waals surface area contributed by atoms with E-state index in [1.165, 1.54) is 0 Å². The number of hydrogen-bond donors (Lipinski definition) is 1. The van der Waals surface area contributed by atoms with Crippen LogP contribution in [-0.2, 0) is 16.1 Å². The zero-order chi connectivity index (χ0) is 23.0. The van der Waals surface area contributed by atoms with Crippen molar-refractivity contribution in [3.8, 4) is 11.5 Å². The normalized spacial score (nSPS) is 12.6.